The molecule has 1 aliphatic rings. The maximum absolute atomic E-state index is 2.66. The molecule has 0 bridgehead atoms. The average molecular weight is 212 g/mol. The number of hydrogen-bond acceptors (Lipinski definition) is 2. The fourth-order valence-corrected chi connectivity index (χ4v) is 2.61. The summed E-state index contributed by atoms with van der Waals surface area (Å²) >= 11 is 0. The maximum Gasteiger partial charge on any atom is 0.0154 e. The second-order valence-corrected chi connectivity index (χ2v) is 5.68. The van der Waals surface area contributed by atoms with Crippen molar-refractivity contribution >= 4 is 0 Å². The van der Waals surface area contributed by atoms with E-state index in [0.717, 1.165) is 0 Å². The van der Waals surface area contributed by atoms with Crippen LogP contribution in [0.5, 0.6) is 0 Å². The van der Waals surface area contributed by atoms with E-state index in [0.29, 0.717) is 11.6 Å². The summed E-state index contributed by atoms with van der Waals surface area (Å²) in [6.45, 7) is 16.6. The molecule has 0 radical (unpaired) electrons. The van der Waals surface area contributed by atoms with Crippen LogP contribution in [-0.2, 0) is 0 Å². The largest absolute Gasteiger partial charge is 0.298 e. The summed E-state index contributed by atoms with van der Waals surface area (Å²) in [7, 11) is 0. The highest BCUT2D eigenvalue weighted by atomic mass is 15.3. The quantitative estimate of drug-likeness (QED) is 0.707. The molecule has 0 N–H and O–H groups in total. The first-order valence-electron chi connectivity index (χ1n) is 6.46. The predicted molar refractivity (Wildman–Crippen MR) is 67.3 cm³/mol. The fourth-order valence-electron chi connectivity index (χ4n) is 2.61. The van der Waals surface area contributed by atoms with Gasteiger partial charge >= 0.3 is 0 Å². The SMILES string of the molecule is CCCC(C)(C)N1CCN(C(C)C)CC1. The number of rotatable bonds is 4. The van der Waals surface area contributed by atoms with E-state index in [1.54, 1.807) is 0 Å². The summed E-state index contributed by atoms with van der Waals surface area (Å²) in [4.78, 5) is 5.24. The Morgan fingerprint density at radius 2 is 1.60 bits per heavy atom. The summed E-state index contributed by atoms with van der Waals surface area (Å²) in [5.74, 6) is 0. The normalized spacial score (nSPS) is 21.2. The Morgan fingerprint density at radius 3 is 2.00 bits per heavy atom. The van der Waals surface area contributed by atoms with Gasteiger partial charge in [-0.05, 0) is 34.1 Å². The number of hydrogen-bond donors (Lipinski definition) is 0. The van der Waals surface area contributed by atoms with Crippen molar-refractivity contribution in [3.63, 3.8) is 0 Å². The third-order valence-electron chi connectivity index (χ3n) is 3.76. The van der Waals surface area contributed by atoms with Crippen LogP contribution in [0.1, 0.15) is 47.5 Å². The molecule has 1 rings (SSSR count). The smallest absolute Gasteiger partial charge is 0.0154 e. The van der Waals surface area contributed by atoms with Gasteiger partial charge in [0.25, 0.3) is 0 Å². The second kappa shape index (κ2) is 5.31. The molecule has 1 heterocycles. The zero-order valence-electron chi connectivity index (χ0n) is 11.2. The summed E-state index contributed by atoms with van der Waals surface area (Å²) in [6.07, 6.45) is 2.60. The molecule has 0 atom stereocenters. The summed E-state index contributed by atoms with van der Waals surface area (Å²) in [6, 6.07) is 0.710. The molecule has 0 aromatic heterocycles. The van der Waals surface area contributed by atoms with Gasteiger partial charge in [-0.2, -0.15) is 0 Å². The highest BCUT2D eigenvalue weighted by Gasteiger charge is 2.29. The predicted octanol–water partition coefficient (Wildman–Crippen LogP) is 2.59. The van der Waals surface area contributed by atoms with Crippen molar-refractivity contribution in [2.24, 2.45) is 0 Å². The van der Waals surface area contributed by atoms with Gasteiger partial charge in [0.15, 0.2) is 0 Å². The molecule has 2 nitrogen and oxygen atoms in total. The summed E-state index contributed by atoms with van der Waals surface area (Å²) in [5, 5.41) is 0. The zero-order chi connectivity index (χ0) is 11.5. The van der Waals surface area contributed by atoms with Crippen LogP contribution >= 0.6 is 0 Å². The lowest BCUT2D eigenvalue weighted by molar-refractivity contribution is 0.0355. The van der Waals surface area contributed by atoms with Gasteiger partial charge in [-0.3, -0.25) is 9.80 Å². The lowest BCUT2D eigenvalue weighted by Gasteiger charge is -2.45. The van der Waals surface area contributed by atoms with Gasteiger partial charge in [-0.1, -0.05) is 13.3 Å². The van der Waals surface area contributed by atoms with Crippen molar-refractivity contribution in [1.82, 2.24) is 9.80 Å². The van der Waals surface area contributed by atoms with Crippen LogP contribution in [0.25, 0.3) is 0 Å². The van der Waals surface area contributed by atoms with Crippen LogP contribution in [-0.4, -0.2) is 47.6 Å². The molecule has 0 aliphatic carbocycles. The number of nitrogens with zero attached hydrogens (tertiary/aromatic N) is 2. The highest BCUT2D eigenvalue weighted by molar-refractivity contribution is 4.85. The van der Waals surface area contributed by atoms with Gasteiger partial charge in [0.1, 0.15) is 0 Å². The lowest BCUT2D eigenvalue weighted by atomic mass is 9.95. The van der Waals surface area contributed by atoms with Crippen LogP contribution in [0.15, 0.2) is 0 Å². The van der Waals surface area contributed by atoms with Crippen molar-refractivity contribution in [3.8, 4) is 0 Å². The van der Waals surface area contributed by atoms with Crippen LogP contribution in [0.3, 0.4) is 0 Å². The molecule has 0 amide bonds. The standard InChI is InChI=1S/C13H28N2/c1-6-7-13(4,5)15-10-8-14(9-11-15)12(2)3/h12H,6-11H2,1-5H3. The Balaban J connectivity index is 2.43. The molecule has 0 spiro atoms. The second-order valence-electron chi connectivity index (χ2n) is 5.68. The maximum atomic E-state index is 2.66. The van der Waals surface area contributed by atoms with Gasteiger partial charge in [-0.15, -0.1) is 0 Å². The Bertz CT molecular complexity index is 179. The highest BCUT2D eigenvalue weighted by Crippen LogP contribution is 2.22. The van der Waals surface area contributed by atoms with E-state index >= 15 is 0 Å². The average Bonchev–Trinajstić information content (AvgIpc) is 2.18. The molecule has 2 heteroatoms. The van der Waals surface area contributed by atoms with Gasteiger partial charge in [-0.25, -0.2) is 0 Å². The zero-order valence-corrected chi connectivity index (χ0v) is 11.2. The van der Waals surface area contributed by atoms with Crippen molar-refractivity contribution < 1.29 is 0 Å². The van der Waals surface area contributed by atoms with Gasteiger partial charge in [0, 0.05) is 37.8 Å². The van der Waals surface area contributed by atoms with Crippen LogP contribution in [0.4, 0.5) is 0 Å². The summed E-state index contributed by atoms with van der Waals surface area (Å²) in [5.41, 5.74) is 0.401. The van der Waals surface area contributed by atoms with E-state index in [-0.39, 0.29) is 0 Å². The van der Waals surface area contributed by atoms with Gasteiger partial charge < -0.3 is 0 Å². The molecule has 90 valence electrons. The molecule has 1 saturated heterocycles. The van der Waals surface area contributed by atoms with Crippen LogP contribution < -0.4 is 0 Å². The first kappa shape index (κ1) is 13.0. The van der Waals surface area contributed by atoms with Crippen LogP contribution in [0, 0.1) is 0 Å². The number of piperazine rings is 1. The minimum Gasteiger partial charge on any atom is -0.298 e. The molecule has 1 fully saturated rings. The first-order chi connectivity index (χ1) is 6.97. The molecule has 15 heavy (non-hydrogen) atoms. The van der Waals surface area contributed by atoms with Crippen molar-refractivity contribution in [2.45, 2.75) is 59.0 Å². The van der Waals surface area contributed by atoms with E-state index in [1.807, 2.05) is 0 Å². The molecular formula is C13H28N2. The molecule has 1 aliphatic heterocycles. The van der Waals surface area contributed by atoms with Gasteiger partial charge in [0.2, 0.25) is 0 Å². The Labute approximate surface area is 95.6 Å². The minimum absolute atomic E-state index is 0.401. The first-order valence-corrected chi connectivity index (χ1v) is 6.46. The topological polar surface area (TPSA) is 6.48 Å². The van der Waals surface area contributed by atoms with E-state index in [1.165, 1.54) is 39.0 Å². The summed E-state index contributed by atoms with van der Waals surface area (Å²) < 4.78 is 0. The van der Waals surface area contributed by atoms with Crippen molar-refractivity contribution in [2.75, 3.05) is 26.2 Å². The van der Waals surface area contributed by atoms with Gasteiger partial charge in [0.05, 0.1) is 0 Å². The minimum atomic E-state index is 0.401. The Kier molecular flexibility index (Phi) is 4.60. The Hall–Kier alpha value is -0.0800. The van der Waals surface area contributed by atoms with E-state index < -0.39 is 0 Å². The van der Waals surface area contributed by atoms with Crippen LogP contribution in [0.2, 0.25) is 0 Å². The third-order valence-corrected chi connectivity index (χ3v) is 3.76. The Morgan fingerprint density at radius 1 is 1.07 bits per heavy atom. The molecule has 0 unspecified atom stereocenters. The molecule has 0 aromatic rings. The molecule has 0 saturated carbocycles. The third kappa shape index (κ3) is 3.46. The monoisotopic (exact) mass is 212 g/mol. The van der Waals surface area contributed by atoms with E-state index in [9.17, 15) is 0 Å². The molecule has 0 aromatic carbocycles. The van der Waals surface area contributed by atoms with E-state index in [2.05, 4.69) is 44.4 Å². The fraction of sp³-hybridized carbons (Fsp3) is 1.00. The van der Waals surface area contributed by atoms with E-state index in [4.69, 9.17) is 0 Å². The van der Waals surface area contributed by atoms with Crippen molar-refractivity contribution in [3.05, 3.63) is 0 Å². The molecular weight excluding hydrogens is 184 g/mol. The lowest BCUT2D eigenvalue weighted by Crippen LogP contribution is -2.55. The van der Waals surface area contributed by atoms with Crippen molar-refractivity contribution in [1.29, 1.82) is 0 Å².